The molecule has 2 aromatic carbocycles. The Hall–Kier alpha value is -4.01. The van der Waals surface area contributed by atoms with Crippen LogP contribution in [0, 0.1) is 17.8 Å². The SMILES string of the molecule is CC(C)CC(NC(=O)c1cc(C(=O)NC(CO)c2ccccc2)cc(N(C)S(C)(=O)=O)c1)C(O)CC(C)C(=O)NC(C(=O)NC(C)C)C(C)C. The van der Waals surface area contributed by atoms with Crippen LogP contribution < -0.4 is 25.6 Å². The number of hydrogen-bond acceptors (Lipinski definition) is 8. The molecule has 2 aromatic rings. The fraction of sp³-hybridized carbons (Fsp3) is 0.556. The van der Waals surface area contributed by atoms with Crippen molar-refractivity contribution in [2.75, 3.05) is 24.2 Å². The van der Waals surface area contributed by atoms with Crippen molar-refractivity contribution in [3.8, 4) is 0 Å². The van der Waals surface area contributed by atoms with Gasteiger partial charge in [0.1, 0.15) is 6.04 Å². The molecular weight excluding hydrogens is 662 g/mol. The molecule has 50 heavy (non-hydrogen) atoms. The van der Waals surface area contributed by atoms with Gasteiger partial charge >= 0.3 is 0 Å². The molecule has 0 aliphatic heterocycles. The molecule has 5 unspecified atom stereocenters. The Bertz CT molecular complexity index is 1570. The van der Waals surface area contributed by atoms with Crippen molar-refractivity contribution < 1.29 is 37.8 Å². The lowest BCUT2D eigenvalue weighted by Gasteiger charge is -2.29. The number of nitrogens with one attached hydrogen (secondary N) is 4. The number of nitrogens with zero attached hydrogens (tertiary/aromatic N) is 1. The number of anilines is 1. The van der Waals surface area contributed by atoms with Crippen LogP contribution in [0.4, 0.5) is 5.69 Å². The highest BCUT2D eigenvalue weighted by atomic mass is 32.2. The van der Waals surface area contributed by atoms with Crippen LogP contribution in [0.5, 0.6) is 0 Å². The molecular formula is C36H55N5O8S. The Morgan fingerprint density at radius 1 is 0.780 bits per heavy atom. The quantitative estimate of drug-likeness (QED) is 0.136. The number of rotatable bonds is 18. The molecule has 0 spiro atoms. The molecule has 6 N–H and O–H groups in total. The highest BCUT2D eigenvalue weighted by Crippen LogP contribution is 2.23. The molecule has 0 heterocycles. The van der Waals surface area contributed by atoms with Crippen molar-refractivity contribution in [3.05, 3.63) is 65.2 Å². The molecule has 0 bridgehead atoms. The molecule has 13 nitrogen and oxygen atoms in total. The van der Waals surface area contributed by atoms with Crippen LogP contribution >= 0.6 is 0 Å². The lowest BCUT2D eigenvalue weighted by Crippen LogP contribution is -2.53. The highest BCUT2D eigenvalue weighted by Gasteiger charge is 2.31. The second kappa shape index (κ2) is 18.8. The van der Waals surface area contributed by atoms with Crippen LogP contribution in [0.15, 0.2) is 48.5 Å². The number of carbonyl (C=O) groups excluding carboxylic acids is 4. The van der Waals surface area contributed by atoms with Gasteiger partial charge in [0, 0.05) is 30.1 Å². The van der Waals surface area contributed by atoms with Crippen LogP contribution in [0.25, 0.3) is 0 Å². The smallest absolute Gasteiger partial charge is 0.251 e. The first kappa shape index (κ1) is 42.2. The summed E-state index contributed by atoms with van der Waals surface area (Å²) in [6, 6.07) is 10.3. The van der Waals surface area contributed by atoms with E-state index in [1.165, 1.54) is 25.2 Å². The maximum absolute atomic E-state index is 13.8. The van der Waals surface area contributed by atoms with Gasteiger partial charge in [-0.3, -0.25) is 23.5 Å². The lowest BCUT2D eigenvalue weighted by atomic mass is 9.91. The van der Waals surface area contributed by atoms with Gasteiger partial charge in [0.25, 0.3) is 11.8 Å². The van der Waals surface area contributed by atoms with Gasteiger partial charge in [0.15, 0.2) is 0 Å². The molecule has 0 fully saturated rings. The second-order valence-corrected chi connectivity index (χ2v) is 15.9. The summed E-state index contributed by atoms with van der Waals surface area (Å²) in [5, 5.41) is 32.5. The Kier molecular flexibility index (Phi) is 15.9. The van der Waals surface area contributed by atoms with Crippen molar-refractivity contribution >= 4 is 39.3 Å². The molecule has 2 rings (SSSR count). The maximum atomic E-state index is 13.8. The van der Waals surface area contributed by atoms with E-state index in [0.717, 1.165) is 10.6 Å². The summed E-state index contributed by atoms with van der Waals surface area (Å²) in [7, 11) is -2.49. The molecule has 278 valence electrons. The van der Waals surface area contributed by atoms with Crippen molar-refractivity contribution in [1.82, 2.24) is 21.3 Å². The van der Waals surface area contributed by atoms with Crippen molar-refractivity contribution in [2.45, 2.75) is 91.6 Å². The third-order valence-electron chi connectivity index (χ3n) is 8.22. The molecule has 0 saturated heterocycles. The third-order valence-corrected chi connectivity index (χ3v) is 9.43. The summed E-state index contributed by atoms with van der Waals surface area (Å²) in [5.74, 6) is -2.90. The zero-order valence-corrected chi connectivity index (χ0v) is 31.4. The predicted molar refractivity (Wildman–Crippen MR) is 194 cm³/mol. The van der Waals surface area contributed by atoms with Gasteiger partial charge in [-0.05, 0) is 62.3 Å². The number of aliphatic hydroxyl groups is 2. The first-order valence-electron chi connectivity index (χ1n) is 16.9. The Morgan fingerprint density at radius 2 is 1.34 bits per heavy atom. The van der Waals surface area contributed by atoms with Crippen molar-refractivity contribution in [1.29, 1.82) is 0 Å². The Balaban J connectivity index is 2.36. The van der Waals surface area contributed by atoms with E-state index in [4.69, 9.17) is 0 Å². The fourth-order valence-electron chi connectivity index (χ4n) is 5.32. The average Bonchev–Trinajstić information content (AvgIpc) is 3.03. The second-order valence-electron chi connectivity index (χ2n) is 13.9. The van der Waals surface area contributed by atoms with Crippen LogP contribution in [0.1, 0.15) is 93.6 Å². The van der Waals surface area contributed by atoms with Crippen LogP contribution in [-0.2, 0) is 19.6 Å². The van der Waals surface area contributed by atoms with E-state index in [0.29, 0.717) is 12.0 Å². The van der Waals surface area contributed by atoms with E-state index >= 15 is 0 Å². The molecule has 0 radical (unpaired) electrons. The highest BCUT2D eigenvalue weighted by molar-refractivity contribution is 7.92. The van der Waals surface area contributed by atoms with Crippen LogP contribution in [0.2, 0.25) is 0 Å². The number of benzene rings is 2. The van der Waals surface area contributed by atoms with Gasteiger partial charge in [-0.15, -0.1) is 0 Å². The average molecular weight is 718 g/mol. The summed E-state index contributed by atoms with van der Waals surface area (Å²) >= 11 is 0. The summed E-state index contributed by atoms with van der Waals surface area (Å²) in [6.07, 6.45) is 0.151. The Morgan fingerprint density at radius 3 is 1.82 bits per heavy atom. The zero-order valence-electron chi connectivity index (χ0n) is 30.6. The summed E-state index contributed by atoms with van der Waals surface area (Å²) in [6.45, 7) is 12.4. The molecule has 4 amide bonds. The van der Waals surface area contributed by atoms with Gasteiger partial charge in [0.05, 0.1) is 36.7 Å². The summed E-state index contributed by atoms with van der Waals surface area (Å²) < 4.78 is 25.8. The number of aliphatic hydroxyl groups excluding tert-OH is 2. The molecule has 14 heteroatoms. The van der Waals surface area contributed by atoms with E-state index < -0.39 is 64.5 Å². The normalized spacial score (nSPS) is 14.8. The lowest BCUT2D eigenvalue weighted by molar-refractivity contribution is -0.132. The molecule has 5 atom stereocenters. The van der Waals surface area contributed by atoms with E-state index in [-0.39, 0.29) is 47.0 Å². The van der Waals surface area contributed by atoms with Crippen molar-refractivity contribution in [3.63, 3.8) is 0 Å². The number of sulfonamides is 1. The van der Waals surface area contributed by atoms with Gasteiger partial charge in [-0.2, -0.15) is 0 Å². The van der Waals surface area contributed by atoms with Gasteiger partial charge in [0.2, 0.25) is 21.8 Å². The predicted octanol–water partition coefficient (Wildman–Crippen LogP) is 2.74. The van der Waals surface area contributed by atoms with E-state index in [2.05, 4.69) is 21.3 Å². The first-order valence-corrected chi connectivity index (χ1v) is 18.7. The third kappa shape index (κ3) is 12.7. The zero-order chi connectivity index (χ0) is 37.9. The standard InChI is InChI=1S/C36H55N5O8S/c1-21(2)15-29(31(43)16-24(7)33(44)40-32(22(3)4)36(47)37-23(5)6)38-34(45)26-17-27(19-28(18-26)41(8)50(9,48)49)35(46)39-30(20-42)25-13-11-10-12-14-25/h10-14,17-19,21-24,29-32,42-43H,15-16,20H2,1-9H3,(H,37,47)(H,38,45)(H,39,46)(H,40,44). The topological polar surface area (TPSA) is 194 Å². The van der Waals surface area contributed by atoms with Gasteiger partial charge in [-0.25, -0.2) is 8.42 Å². The fourth-order valence-corrected chi connectivity index (χ4v) is 5.81. The number of carbonyl (C=O) groups is 4. The largest absolute Gasteiger partial charge is 0.394 e. The first-order chi connectivity index (χ1) is 23.2. The summed E-state index contributed by atoms with van der Waals surface area (Å²) in [5.41, 5.74) is 0.645. The van der Waals surface area contributed by atoms with E-state index in [1.807, 2.05) is 41.5 Å². The maximum Gasteiger partial charge on any atom is 0.251 e. The number of amides is 4. The van der Waals surface area contributed by atoms with Crippen LogP contribution in [-0.4, -0.2) is 86.4 Å². The minimum absolute atomic E-state index is 0.0212. The minimum Gasteiger partial charge on any atom is -0.394 e. The van der Waals surface area contributed by atoms with E-state index in [1.54, 1.807) is 37.3 Å². The Labute approximate surface area is 296 Å². The molecule has 0 aromatic heterocycles. The van der Waals surface area contributed by atoms with Gasteiger partial charge in [-0.1, -0.05) is 65.0 Å². The summed E-state index contributed by atoms with van der Waals surface area (Å²) in [4.78, 5) is 53.0. The van der Waals surface area contributed by atoms with E-state index in [9.17, 15) is 37.8 Å². The monoisotopic (exact) mass is 717 g/mol. The van der Waals surface area contributed by atoms with Crippen molar-refractivity contribution in [2.24, 2.45) is 17.8 Å². The van der Waals surface area contributed by atoms with Crippen LogP contribution in [0.3, 0.4) is 0 Å². The minimum atomic E-state index is -3.78. The molecule has 0 saturated carbocycles. The molecule has 0 aliphatic carbocycles. The number of hydrogen-bond donors (Lipinski definition) is 6. The molecule has 0 aliphatic rings. The van der Waals surface area contributed by atoms with Gasteiger partial charge < -0.3 is 31.5 Å².